The smallest absolute Gasteiger partial charge is 0.264 e. The van der Waals surface area contributed by atoms with Crippen LogP contribution in [0.15, 0.2) is 83.8 Å². The molecule has 3 aromatic rings. The summed E-state index contributed by atoms with van der Waals surface area (Å²) in [4.78, 5) is 13.0. The van der Waals surface area contributed by atoms with Crippen LogP contribution in [0.2, 0.25) is 0 Å². The first-order valence-electron chi connectivity index (χ1n) is 10.3. The minimum absolute atomic E-state index is 0.122. The van der Waals surface area contributed by atoms with Crippen LogP contribution in [0.3, 0.4) is 0 Å². The van der Waals surface area contributed by atoms with E-state index in [1.165, 1.54) is 16.4 Å². The Balaban J connectivity index is 1.52. The number of benzene rings is 3. The summed E-state index contributed by atoms with van der Waals surface area (Å²) >= 11 is 0. The number of carbonyl (C=O) groups excluding carboxylic acids is 1. The lowest BCUT2D eigenvalue weighted by Gasteiger charge is -2.34. The van der Waals surface area contributed by atoms with E-state index < -0.39 is 16.1 Å². The zero-order valence-corrected chi connectivity index (χ0v) is 18.4. The van der Waals surface area contributed by atoms with Gasteiger partial charge in [-0.2, -0.15) is 0 Å². The summed E-state index contributed by atoms with van der Waals surface area (Å²) in [6.07, 6.45) is -0.980. The molecule has 0 unspecified atom stereocenters. The maximum Gasteiger partial charge on any atom is 0.264 e. The number of para-hydroxylation sites is 2. The van der Waals surface area contributed by atoms with E-state index in [4.69, 9.17) is 9.47 Å². The first-order chi connectivity index (χ1) is 15.5. The highest BCUT2D eigenvalue weighted by molar-refractivity contribution is 7.92. The molecule has 1 aliphatic heterocycles. The fourth-order valence-corrected chi connectivity index (χ4v) is 4.96. The monoisotopic (exact) mass is 452 g/mol. The van der Waals surface area contributed by atoms with Crippen molar-refractivity contribution in [2.75, 3.05) is 17.5 Å². The molecule has 1 amide bonds. The number of fused-ring (bicyclic) bond motifs is 1. The number of hydrogen-bond acceptors (Lipinski definition) is 5. The number of nitrogens with zero attached hydrogens (tertiary/aromatic N) is 1. The molecule has 1 atom stereocenters. The highest BCUT2D eigenvalue weighted by atomic mass is 32.2. The average Bonchev–Trinajstić information content (AvgIpc) is 2.83. The largest absolute Gasteiger partial charge is 0.494 e. The number of anilines is 1. The van der Waals surface area contributed by atoms with Crippen molar-refractivity contribution in [2.45, 2.75) is 24.5 Å². The van der Waals surface area contributed by atoms with E-state index in [2.05, 4.69) is 5.32 Å². The standard InChI is InChI=1S/C24H24N2O5S/c1-2-30-19-14-12-18(13-15-19)16-25-24(27)23-17-26(21-10-6-7-11-22(21)31-23)32(28,29)20-8-4-3-5-9-20/h3-15,23H,2,16-17H2,1H3,(H,25,27)/t23-/m0/s1. The second-order valence-corrected chi connectivity index (χ2v) is 9.08. The predicted molar refractivity (Wildman–Crippen MR) is 121 cm³/mol. The number of sulfonamides is 1. The molecule has 0 aliphatic carbocycles. The summed E-state index contributed by atoms with van der Waals surface area (Å²) in [5.74, 6) is 0.720. The second kappa shape index (κ2) is 9.32. The average molecular weight is 453 g/mol. The molecule has 0 spiro atoms. The molecule has 0 fully saturated rings. The lowest BCUT2D eigenvalue weighted by Crippen LogP contribution is -2.50. The third-order valence-corrected chi connectivity index (χ3v) is 6.85. The van der Waals surface area contributed by atoms with Gasteiger partial charge in [0, 0.05) is 6.54 Å². The number of nitrogens with one attached hydrogen (secondary N) is 1. The quantitative estimate of drug-likeness (QED) is 0.594. The Kier molecular flexibility index (Phi) is 6.32. The normalized spacial score (nSPS) is 15.4. The fraction of sp³-hybridized carbons (Fsp3) is 0.208. The van der Waals surface area contributed by atoms with E-state index in [0.29, 0.717) is 18.0 Å². The molecular weight excluding hydrogens is 428 g/mol. The third-order valence-electron chi connectivity index (χ3n) is 5.06. The summed E-state index contributed by atoms with van der Waals surface area (Å²) in [5.41, 5.74) is 1.30. The van der Waals surface area contributed by atoms with Crippen LogP contribution in [0.5, 0.6) is 11.5 Å². The van der Waals surface area contributed by atoms with Crippen molar-refractivity contribution in [3.63, 3.8) is 0 Å². The summed E-state index contributed by atoms with van der Waals surface area (Å²) in [6, 6.07) is 22.4. The Morgan fingerprint density at radius 1 is 1.03 bits per heavy atom. The van der Waals surface area contributed by atoms with Crippen LogP contribution in [-0.2, 0) is 21.4 Å². The SMILES string of the molecule is CCOc1ccc(CNC(=O)[C@@H]2CN(S(=O)(=O)c3ccccc3)c3ccccc3O2)cc1. The van der Waals surface area contributed by atoms with Crippen LogP contribution < -0.4 is 19.1 Å². The fourth-order valence-electron chi connectivity index (χ4n) is 3.46. The first-order valence-corrected chi connectivity index (χ1v) is 11.8. The second-order valence-electron chi connectivity index (χ2n) is 7.22. The van der Waals surface area contributed by atoms with Gasteiger partial charge in [0.25, 0.3) is 15.9 Å². The number of hydrogen-bond donors (Lipinski definition) is 1. The molecule has 7 nitrogen and oxygen atoms in total. The van der Waals surface area contributed by atoms with Crippen LogP contribution in [0, 0.1) is 0 Å². The van der Waals surface area contributed by atoms with E-state index in [-0.39, 0.29) is 23.9 Å². The summed E-state index contributed by atoms with van der Waals surface area (Å²) in [6.45, 7) is 2.66. The molecule has 4 rings (SSSR count). The van der Waals surface area contributed by atoms with Crippen molar-refractivity contribution < 1.29 is 22.7 Å². The Hall–Kier alpha value is -3.52. The lowest BCUT2D eigenvalue weighted by atomic mass is 10.2. The molecule has 8 heteroatoms. The van der Waals surface area contributed by atoms with Crippen LogP contribution in [0.1, 0.15) is 12.5 Å². The summed E-state index contributed by atoms with van der Waals surface area (Å²) in [7, 11) is -3.86. The van der Waals surface area contributed by atoms with Crippen molar-refractivity contribution >= 4 is 21.6 Å². The van der Waals surface area contributed by atoms with E-state index in [0.717, 1.165) is 11.3 Å². The predicted octanol–water partition coefficient (Wildman–Crippen LogP) is 3.36. The number of carbonyl (C=O) groups is 1. The van der Waals surface area contributed by atoms with Crippen LogP contribution in [0.25, 0.3) is 0 Å². The van der Waals surface area contributed by atoms with Crippen molar-refractivity contribution in [3.05, 3.63) is 84.4 Å². The number of amides is 1. The first kappa shape index (κ1) is 21.7. The Bertz CT molecular complexity index is 1180. The van der Waals surface area contributed by atoms with Gasteiger partial charge in [-0.1, -0.05) is 42.5 Å². The molecular formula is C24H24N2O5S. The van der Waals surface area contributed by atoms with Crippen LogP contribution in [0.4, 0.5) is 5.69 Å². The van der Waals surface area contributed by atoms with Crippen molar-refractivity contribution in [3.8, 4) is 11.5 Å². The van der Waals surface area contributed by atoms with Gasteiger partial charge >= 0.3 is 0 Å². The van der Waals surface area contributed by atoms with Gasteiger partial charge < -0.3 is 14.8 Å². The zero-order chi connectivity index (χ0) is 22.6. The minimum Gasteiger partial charge on any atom is -0.494 e. The molecule has 32 heavy (non-hydrogen) atoms. The third kappa shape index (κ3) is 4.55. The summed E-state index contributed by atoms with van der Waals surface area (Å²) < 4.78 is 39.1. The Morgan fingerprint density at radius 2 is 1.72 bits per heavy atom. The minimum atomic E-state index is -3.86. The molecule has 0 saturated heterocycles. The topological polar surface area (TPSA) is 84.9 Å². The molecule has 1 N–H and O–H groups in total. The van der Waals surface area contributed by atoms with Gasteiger partial charge in [-0.15, -0.1) is 0 Å². The van der Waals surface area contributed by atoms with E-state index in [1.54, 1.807) is 42.5 Å². The van der Waals surface area contributed by atoms with E-state index in [9.17, 15) is 13.2 Å². The molecule has 1 aliphatic rings. The van der Waals surface area contributed by atoms with Crippen LogP contribution in [-0.4, -0.2) is 33.6 Å². The molecule has 0 saturated carbocycles. The highest BCUT2D eigenvalue weighted by Gasteiger charge is 2.37. The van der Waals surface area contributed by atoms with E-state index >= 15 is 0 Å². The maximum absolute atomic E-state index is 13.3. The van der Waals surface area contributed by atoms with Gasteiger partial charge in [0.2, 0.25) is 0 Å². The Labute approximate surface area is 187 Å². The lowest BCUT2D eigenvalue weighted by molar-refractivity contribution is -0.127. The molecule has 0 radical (unpaired) electrons. The van der Waals surface area contributed by atoms with Crippen molar-refractivity contribution in [1.82, 2.24) is 5.32 Å². The molecule has 166 valence electrons. The molecule has 0 bridgehead atoms. The maximum atomic E-state index is 13.3. The van der Waals surface area contributed by atoms with Gasteiger partial charge in [-0.25, -0.2) is 8.42 Å². The molecule has 3 aromatic carbocycles. The van der Waals surface area contributed by atoms with Gasteiger partial charge in [0.05, 0.1) is 23.7 Å². The van der Waals surface area contributed by atoms with Gasteiger partial charge in [-0.05, 0) is 48.9 Å². The molecule has 1 heterocycles. The van der Waals surface area contributed by atoms with E-state index in [1.807, 2.05) is 31.2 Å². The van der Waals surface area contributed by atoms with Crippen LogP contribution >= 0.6 is 0 Å². The van der Waals surface area contributed by atoms with Gasteiger partial charge in [0.1, 0.15) is 11.5 Å². The highest BCUT2D eigenvalue weighted by Crippen LogP contribution is 2.36. The van der Waals surface area contributed by atoms with Crippen molar-refractivity contribution in [1.29, 1.82) is 0 Å². The molecule has 0 aromatic heterocycles. The number of ether oxygens (including phenoxy) is 2. The van der Waals surface area contributed by atoms with Crippen molar-refractivity contribution in [2.24, 2.45) is 0 Å². The van der Waals surface area contributed by atoms with Gasteiger partial charge in [-0.3, -0.25) is 9.10 Å². The Morgan fingerprint density at radius 3 is 2.44 bits per heavy atom. The summed E-state index contributed by atoms with van der Waals surface area (Å²) in [5, 5.41) is 2.84. The van der Waals surface area contributed by atoms with Gasteiger partial charge in [0.15, 0.2) is 6.10 Å². The number of rotatable bonds is 7. The zero-order valence-electron chi connectivity index (χ0n) is 17.6.